The van der Waals surface area contributed by atoms with E-state index in [0.29, 0.717) is 11.3 Å². The normalized spacial score (nSPS) is 19.4. The first kappa shape index (κ1) is 17.7. The molecule has 1 saturated heterocycles. The van der Waals surface area contributed by atoms with E-state index in [1.165, 1.54) is 0 Å². The number of anilines is 1. The van der Waals surface area contributed by atoms with Gasteiger partial charge in [0.1, 0.15) is 12.1 Å². The number of rotatable bonds is 5. The standard InChI is InChI=1S/C20H21N3O3/c1-3-14-9-11-16(12-10-14)21-17(24)13-23-18(25)20(2,22-19(23)26)15-7-5-4-6-8-15/h4-12H,3,13H2,1-2H3,(H,21,24)(H,22,26)/t20-/m1/s1. The maximum absolute atomic E-state index is 12.8. The molecule has 0 aliphatic carbocycles. The van der Waals surface area contributed by atoms with Gasteiger partial charge in [0.05, 0.1) is 0 Å². The van der Waals surface area contributed by atoms with Gasteiger partial charge in [-0.25, -0.2) is 4.79 Å². The van der Waals surface area contributed by atoms with E-state index in [0.717, 1.165) is 16.9 Å². The lowest BCUT2D eigenvalue weighted by Gasteiger charge is -2.22. The maximum Gasteiger partial charge on any atom is 0.325 e. The van der Waals surface area contributed by atoms with E-state index in [2.05, 4.69) is 17.6 Å². The first-order valence-electron chi connectivity index (χ1n) is 8.52. The quantitative estimate of drug-likeness (QED) is 0.813. The van der Waals surface area contributed by atoms with Gasteiger partial charge < -0.3 is 10.6 Å². The van der Waals surface area contributed by atoms with Gasteiger partial charge in [0.2, 0.25) is 5.91 Å². The van der Waals surface area contributed by atoms with Crippen LogP contribution in [0.25, 0.3) is 0 Å². The Labute approximate surface area is 152 Å². The molecule has 1 aliphatic rings. The number of urea groups is 1. The summed E-state index contributed by atoms with van der Waals surface area (Å²) in [5.41, 5.74) is 1.30. The Hall–Kier alpha value is -3.15. The molecule has 1 heterocycles. The van der Waals surface area contributed by atoms with E-state index in [1.807, 2.05) is 18.2 Å². The Kier molecular flexibility index (Phi) is 4.75. The highest BCUT2D eigenvalue weighted by atomic mass is 16.2. The van der Waals surface area contributed by atoms with E-state index in [4.69, 9.17) is 0 Å². The fourth-order valence-corrected chi connectivity index (χ4v) is 2.98. The van der Waals surface area contributed by atoms with Crippen LogP contribution >= 0.6 is 0 Å². The molecule has 26 heavy (non-hydrogen) atoms. The summed E-state index contributed by atoms with van der Waals surface area (Å²) in [6.45, 7) is 3.36. The Morgan fingerprint density at radius 2 is 1.73 bits per heavy atom. The summed E-state index contributed by atoms with van der Waals surface area (Å²) in [5.74, 6) is -0.861. The molecule has 1 fully saturated rings. The summed E-state index contributed by atoms with van der Waals surface area (Å²) in [7, 11) is 0. The topological polar surface area (TPSA) is 78.5 Å². The molecule has 6 nitrogen and oxygen atoms in total. The summed E-state index contributed by atoms with van der Waals surface area (Å²) in [4.78, 5) is 38.3. The lowest BCUT2D eigenvalue weighted by molar-refractivity contribution is -0.133. The second-order valence-corrected chi connectivity index (χ2v) is 6.41. The van der Waals surface area contributed by atoms with Crippen molar-refractivity contribution in [3.63, 3.8) is 0 Å². The second kappa shape index (κ2) is 7.00. The molecule has 1 aliphatic heterocycles. The summed E-state index contributed by atoms with van der Waals surface area (Å²) in [6.07, 6.45) is 0.911. The lowest BCUT2D eigenvalue weighted by Crippen LogP contribution is -2.42. The lowest BCUT2D eigenvalue weighted by atomic mass is 9.92. The van der Waals surface area contributed by atoms with Crippen LogP contribution in [0, 0.1) is 0 Å². The molecule has 0 bridgehead atoms. The molecule has 134 valence electrons. The van der Waals surface area contributed by atoms with Crippen LogP contribution in [0.3, 0.4) is 0 Å². The van der Waals surface area contributed by atoms with Crippen molar-refractivity contribution in [3.8, 4) is 0 Å². The minimum atomic E-state index is -1.17. The molecule has 2 aromatic rings. The Bertz CT molecular complexity index is 833. The van der Waals surface area contributed by atoms with Crippen molar-refractivity contribution in [2.75, 3.05) is 11.9 Å². The first-order chi connectivity index (χ1) is 12.4. The Morgan fingerprint density at radius 3 is 2.35 bits per heavy atom. The van der Waals surface area contributed by atoms with Crippen molar-refractivity contribution in [1.29, 1.82) is 0 Å². The number of nitrogens with zero attached hydrogens (tertiary/aromatic N) is 1. The number of hydrogen-bond donors (Lipinski definition) is 2. The number of carbonyl (C=O) groups excluding carboxylic acids is 3. The van der Waals surface area contributed by atoms with Crippen LogP contribution in [0.1, 0.15) is 25.0 Å². The Balaban J connectivity index is 1.70. The molecule has 2 N–H and O–H groups in total. The van der Waals surface area contributed by atoms with Crippen LogP contribution in [0.4, 0.5) is 10.5 Å². The highest BCUT2D eigenvalue weighted by Crippen LogP contribution is 2.28. The zero-order valence-electron chi connectivity index (χ0n) is 14.8. The highest BCUT2D eigenvalue weighted by molar-refractivity contribution is 6.10. The van der Waals surface area contributed by atoms with Gasteiger partial charge >= 0.3 is 6.03 Å². The molecule has 0 saturated carbocycles. The van der Waals surface area contributed by atoms with E-state index in [-0.39, 0.29) is 6.54 Å². The van der Waals surface area contributed by atoms with Gasteiger partial charge in [-0.05, 0) is 36.6 Å². The number of nitrogens with one attached hydrogen (secondary N) is 2. The molecule has 0 spiro atoms. The third-order valence-corrected chi connectivity index (χ3v) is 4.57. The molecule has 6 heteroatoms. The molecule has 3 rings (SSSR count). The predicted molar refractivity (Wildman–Crippen MR) is 98.5 cm³/mol. The third-order valence-electron chi connectivity index (χ3n) is 4.57. The van der Waals surface area contributed by atoms with Gasteiger partial charge in [-0.3, -0.25) is 14.5 Å². The number of carbonyl (C=O) groups is 3. The van der Waals surface area contributed by atoms with Gasteiger partial charge in [-0.1, -0.05) is 49.4 Å². The van der Waals surface area contributed by atoms with Crippen LogP contribution < -0.4 is 10.6 Å². The first-order valence-corrected chi connectivity index (χ1v) is 8.52. The van der Waals surface area contributed by atoms with Crippen LogP contribution in [-0.4, -0.2) is 29.3 Å². The average Bonchev–Trinajstić information content (AvgIpc) is 2.87. The third kappa shape index (κ3) is 3.31. The summed E-state index contributed by atoms with van der Waals surface area (Å²) in [5, 5.41) is 5.40. The average molecular weight is 351 g/mol. The van der Waals surface area contributed by atoms with E-state index < -0.39 is 23.4 Å². The molecular weight excluding hydrogens is 330 g/mol. The Morgan fingerprint density at radius 1 is 1.08 bits per heavy atom. The monoisotopic (exact) mass is 351 g/mol. The van der Waals surface area contributed by atoms with Crippen molar-refractivity contribution >= 4 is 23.5 Å². The van der Waals surface area contributed by atoms with Crippen molar-refractivity contribution < 1.29 is 14.4 Å². The second-order valence-electron chi connectivity index (χ2n) is 6.41. The predicted octanol–water partition coefficient (Wildman–Crippen LogP) is 2.65. The summed E-state index contributed by atoms with van der Waals surface area (Å²) < 4.78 is 0. The minimum absolute atomic E-state index is 0.331. The van der Waals surface area contributed by atoms with Gasteiger partial charge in [0.25, 0.3) is 5.91 Å². The molecule has 2 aromatic carbocycles. The molecule has 1 atom stereocenters. The van der Waals surface area contributed by atoms with Crippen LogP contribution in [0.2, 0.25) is 0 Å². The van der Waals surface area contributed by atoms with Crippen molar-refractivity contribution in [3.05, 3.63) is 65.7 Å². The van der Waals surface area contributed by atoms with Gasteiger partial charge in [0.15, 0.2) is 0 Å². The summed E-state index contributed by atoms with van der Waals surface area (Å²) in [6, 6.07) is 15.9. The molecular formula is C20H21N3O3. The van der Waals surface area contributed by atoms with Gasteiger partial charge in [-0.15, -0.1) is 0 Å². The fourth-order valence-electron chi connectivity index (χ4n) is 2.98. The maximum atomic E-state index is 12.8. The zero-order valence-corrected chi connectivity index (χ0v) is 14.8. The molecule has 0 aromatic heterocycles. The van der Waals surface area contributed by atoms with E-state index in [9.17, 15) is 14.4 Å². The number of benzene rings is 2. The number of aryl methyl sites for hydroxylation is 1. The van der Waals surface area contributed by atoms with E-state index in [1.54, 1.807) is 43.3 Å². The largest absolute Gasteiger partial charge is 0.325 e. The fraction of sp³-hybridized carbons (Fsp3) is 0.250. The molecule has 4 amide bonds. The highest BCUT2D eigenvalue weighted by Gasteiger charge is 2.49. The SMILES string of the molecule is CCc1ccc(NC(=O)CN2C(=O)N[C@](C)(c3ccccc3)C2=O)cc1. The molecule has 0 radical (unpaired) electrons. The number of imide groups is 1. The van der Waals surface area contributed by atoms with Crippen molar-refractivity contribution in [1.82, 2.24) is 10.2 Å². The van der Waals surface area contributed by atoms with Crippen molar-refractivity contribution in [2.24, 2.45) is 0 Å². The van der Waals surface area contributed by atoms with Crippen LogP contribution in [0.15, 0.2) is 54.6 Å². The summed E-state index contributed by atoms with van der Waals surface area (Å²) >= 11 is 0. The molecule has 0 unspecified atom stereocenters. The minimum Gasteiger partial charge on any atom is -0.325 e. The van der Waals surface area contributed by atoms with E-state index >= 15 is 0 Å². The van der Waals surface area contributed by atoms with Gasteiger partial charge in [-0.2, -0.15) is 0 Å². The van der Waals surface area contributed by atoms with Crippen molar-refractivity contribution in [2.45, 2.75) is 25.8 Å². The number of hydrogen-bond acceptors (Lipinski definition) is 3. The van der Waals surface area contributed by atoms with Crippen LogP contribution in [0.5, 0.6) is 0 Å². The van der Waals surface area contributed by atoms with Gasteiger partial charge in [0, 0.05) is 5.69 Å². The zero-order chi connectivity index (χ0) is 18.7. The number of amides is 4. The smallest absolute Gasteiger partial charge is 0.325 e. The van der Waals surface area contributed by atoms with Crippen LogP contribution in [-0.2, 0) is 21.5 Å².